The molecule has 6 heteroatoms. The molecule has 24 heavy (non-hydrogen) atoms. The highest BCUT2D eigenvalue weighted by molar-refractivity contribution is 5.86. The van der Waals surface area contributed by atoms with E-state index in [1.807, 2.05) is 13.0 Å². The van der Waals surface area contributed by atoms with Crippen molar-refractivity contribution in [1.82, 2.24) is 4.98 Å². The molecule has 1 aromatic heterocycles. The second-order valence-electron chi connectivity index (χ2n) is 6.17. The van der Waals surface area contributed by atoms with Gasteiger partial charge in [0.1, 0.15) is 23.0 Å². The van der Waals surface area contributed by atoms with Gasteiger partial charge in [0.2, 0.25) is 5.88 Å². The molecule has 0 aliphatic heterocycles. The molecule has 0 spiro atoms. The van der Waals surface area contributed by atoms with Crippen LogP contribution in [-0.2, 0) is 4.74 Å². The first-order valence-corrected chi connectivity index (χ1v) is 7.42. The molecule has 1 N–H and O–H groups in total. The molecule has 1 heterocycles. The van der Waals surface area contributed by atoms with Gasteiger partial charge in [-0.25, -0.2) is 9.78 Å². The second kappa shape index (κ2) is 7.01. The lowest BCUT2D eigenvalue weighted by Gasteiger charge is -2.20. The van der Waals surface area contributed by atoms with E-state index in [1.54, 1.807) is 57.3 Å². The monoisotopic (exact) mass is 325 g/mol. The largest absolute Gasteiger partial charge is 0.444 e. The molecule has 124 valence electrons. The Kier molecular flexibility index (Phi) is 5.05. The average molecular weight is 325 g/mol. The number of aryl methyl sites for hydroxylation is 1. The first-order valence-electron chi connectivity index (χ1n) is 7.42. The first kappa shape index (κ1) is 17.3. The van der Waals surface area contributed by atoms with Crippen LogP contribution in [0.25, 0.3) is 0 Å². The zero-order chi connectivity index (χ0) is 17.7. The summed E-state index contributed by atoms with van der Waals surface area (Å²) in [6.07, 6.45) is 1.04. The predicted molar refractivity (Wildman–Crippen MR) is 90.1 cm³/mol. The number of ether oxygens (including phenoxy) is 2. The van der Waals surface area contributed by atoms with Crippen molar-refractivity contribution in [3.05, 3.63) is 47.7 Å². The molecule has 6 nitrogen and oxygen atoms in total. The quantitative estimate of drug-likeness (QED) is 0.904. The molecule has 0 radical (unpaired) electrons. The number of rotatable bonds is 3. The molecule has 1 amide bonds. The zero-order valence-electron chi connectivity index (χ0n) is 14.1. The molecule has 0 saturated heterocycles. The fourth-order valence-corrected chi connectivity index (χ4v) is 1.92. The van der Waals surface area contributed by atoms with Crippen molar-refractivity contribution in [2.24, 2.45) is 0 Å². The van der Waals surface area contributed by atoms with Crippen molar-refractivity contribution in [2.75, 3.05) is 5.32 Å². The number of anilines is 1. The Balaban J connectivity index is 2.13. The lowest BCUT2D eigenvalue weighted by molar-refractivity contribution is 0.0636. The third kappa shape index (κ3) is 4.71. The molecule has 2 rings (SSSR count). The van der Waals surface area contributed by atoms with Crippen molar-refractivity contribution < 1.29 is 14.3 Å². The minimum Gasteiger partial charge on any atom is -0.444 e. The van der Waals surface area contributed by atoms with Crippen LogP contribution < -0.4 is 10.1 Å². The first-order chi connectivity index (χ1) is 11.3. The molecule has 0 unspecified atom stereocenters. The maximum atomic E-state index is 11.8. The van der Waals surface area contributed by atoms with E-state index in [0.717, 1.165) is 5.56 Å². The van der Waals surface area contributed by atoms with Crippen LogP contribution in [0.5, 0.6) is 11.6 Å². The number of amides is 1. The number of nitriles is 1. The van der Waals surface area contributed by atoms with Crippen LogP contribution in [0, 0.1) is 18.3 Å². The van der Waals surface area contributed by atoms with Gasteiger partial charge in [0.15, 0.2) is 0 Å². The highest BCUT2D eigenvalue weighted by Gasteiger charge is 2.17. The maximum Gasteiger partial charge on any atom is 0.412 e. The SMILES string of the molecule is Cc1cc(Oc2ncccc2C#N)ccc1NC(=O)OC(C)(C)C. The van der Waals surface area contributed by atoms with E-state index in [1.165, 1.54) is 0 Å². The van der Waals surface area contributed by atoms with Gasteiger partial charge in [0.25, 0.3) is 0 Å². The zero-order valence-corrected chi connectivity index (χ0v) is 14.1. The number of nitrogens with one attached hydrogen (secondary N) is 1. The lowest BCUT2D eigenvalue weighted by atomic mass is 10.2. The van der Waals surface area contributed by atoms with Gasteiger partial charge in [-0.05, 0) is 63.6 Å². The van der Waals surface area contributed by atoms with Crippen LogP contribution in [0.4, 0.5) is 10.5 Å². The van der Waals surface area contributed by atoms with Crippen LogP contribution in [-0.4, -0.2) is 16.7 Å². The Bertz CT molecular complexity index is 789. The molecule has 1 aromatic carbocycles. The molecule has 2 aromatic rings. The van der Waals surface area contributed by atoms with Crippen molar-refractivity contribution in [1.29, 1.82) is 5.26 Å². The van der Waals surface area contributed by atoms with E-state index in [0.29, 0.717) is 17.0 Å². The number of carbonyl (C=O) groups excluding carboxylic acids is 1. The van der Waals surface area contributed by atoms with E-state index < -0.39 is 11.7 Å². The fraction of sp³-hybridized carbons (Fsp3) is 0.278. The molecular formula is C18H19N3O3. The minimum absolute atomic E-state index is 0.243. The summed E-state index contributed by atoms with van der Waals surface area (Å²) in [5.41, 5.74) is 1.21. The van der Waals surface area contributed by atoms with Crippen LogP contribution in [0.15, 0.2) is 36.5 Å². The van der Waals surface area contributed by atoms with Gasteiger partial charge >= 0.3 is 6.09 Å². The second-order valence-corrected chi connectivity index (χ2v) is 6.17. The van der Waals surface area contributed by atoms with Gasteiger partial charge in [-0.1, -0.05) is 0 Å². The number of benzene rings is 1. The molecule has 0 saturated carbocycles. The van der Waals surface area contributed by atoms with E-state index in [4.69, 9.17) is 14.7 Å². The molecule has 0 aliphatic rings. The Morgan fingerprint density at radius 2 is 2.04 bits per heavy atom. The smallest absolute Gasteiger partial charge is 0.412 e. The number of hydrogen-bond donors (Lipinski definition) is 1. The Hall–Kier alpha value is -3.07. The highest BCUT2D eigenvalue weighted by atomic mass is 16.6. The Morgan fingerprint density at radius 3 is 2.67 bits per heavy atom. The predicted octanol–water partition coefficient (Wildman–Crippen LogP) is 4.40. The summed E-state index contributed by atoms with van der Waals surface area (Å²) in [5.74, 6) is 0.768. The number of carbonyl (C=O) groups is 1. The normalized spacial score (nSPS) is 10.6. The maximum absolute atomic E-state index is 11.8. The summed E-state index contributed by atoms with van der Waals surface area (Å²) in [6, 6.07) is 10.5. The summed E-state index contributed by atoms with van der Waals surface area (Å²) in [4.78, 5) is 15.9. The van der Waals surface area contributed by atoms with Crippen LogP contribution in [0.3, 0.4) is 0 Å². The van der Waals surface area contributed by atoms with Crippen LogP contribution in [0.1, 0.15) is 31.9 Å². The number of aromatic nitrogens is 1. The highest BCUT2D eigenvalue weighted by Crippen LogP contribution is 2.27. The van der Waals surface area contributed by atoms with Crippen LogP contribution >= 0.6 is 0 Å². The van der Waals surface area contributed by atoms with E-state index in [2.05, 4.69) is 10.3 Å². The van der Waals surface area contributed by atoms with Crippen LogP contribution in [0.2, 0.25) is 0 Å². The van der Waals surface area contributed by atoms with E-state index in [-0.39, 0.29) is 5.88 Å². The third-order valence-corrected chi connectivity index (χ3v) is 2.94. The summed E-state index contributed by atoms with van der Waals surface area (Å²) < 4.78 is 10.9. The van der Waals surface area contributed by atoms with Gasteiger partial charge in [-0.2, -0.15) is 5.26 Å². The summed E-state index contributed by atoms with van der Waals surface area (Å²) in [5, 5.41) is 11.8. The standard InChI is InChI=1S/C18H19N3O3/c1-12-10-14(23-16-13(11-19)6-5-9-20-16)7-8-15(12)21-17(22)24-18(2,3)4/h5-10H,1-4H3,(H,21,22). The van der Waals surface area contributed by atoms with Crippen molar-refractivity contribution in [2.45, 2.75) is 33.3 Å². The van der Waals surface area contributed by atoms with Crippen molar-refractivity contribution in [3.8, 4) is 17.7 Å². The molecule has 0 aliphatic carbocycles. The van der Waals surface area contributed by atoms with E-state index in [9.17, 15) is 4.79 Å². The Morgan fingerprint density at radius 1 is 1.29 bits per heavy atom. The number of nitrogens with zero attached hydrogens (tertiary/aromatic N) is 2. The average Bonchev–Trinajstić information content (AvgIpc) is 2.49. The summed E-state index contributed by atoms with van der Waals surface area (Å²) >= 11 is 0. The minimum atomic E-state index is -0.562. The van der Waals surface area contributed by atoms with Gasteiger partial charge in [0, 0.05) is 11.9 Å². The van der Waals surface area contributed by atoms with Gasteiger partial charge in [-0.3, -0.25) is 5.32 Å². The third-order valence-electron chi connectivity index (χ3n) is 2.94. The number of pyridine rings is 1. The Labute approximate surface area is 141 Å². The summed E-state index contributed by atoms with van der Waals surface area (Å²) in [7, 11) is 0. The van der Waals surface area contributed by atoms with Gasteiger partial charge in [-0.15, -0.1) is 0 Å². The molecular weight excluding hydrogens is 306 g/mol. The number of hydrogen-bond acceptors (Lipinski definition) is 5. The fourth-order valence-electron chi connectivity index (χ4n) is 1.92. The van der Waals surface area contributed by atoms with Gasteiger partial charge < -0.3 is 9.47 Å². The van der Waals surface area contributed by atoms with Gasteiger partial charge in [0.05, 0.1) is 0 Å². The van der Waals surface area contributed by atoms with Crippen molar-refractivity contribution >= 4 is 11.8 Å². The summed E-state index contributed by atoms with van der Waals surface area (Å²) in [6.45, 7) is 7.24. The molecule has 0 atom stereocenters. The topological polar surface area (TPSA) is 84.2 Å². The molecule has 0 fully saturated rings. The van der Waals surface area contributed by atoms with E-state index >= 15 is 0 Å². The van der Waals surface area contributed by atoms with Crippen molar-refractivity contribution in [3.63, 3.8) is 0 Å². The molecule has 0 bridgehead atoms. The lowest BCUT2D eigenvalue weighted by Crippen LogP contribution is -2.27.